The quantitative estimate of drug-likeness (QED) is 0.898. The molecule has 1 aromatic rings. The van der Waals surface area contributed by atoms with Crippen molar-refractivity contribution in [3.8, 4) is 5.75 Å². The van der Waals surface area contributed by atoms with E-state index in [-0.39, 0.29) is 0 Å². The van der Waals surface area contributed by atoms with Crippen LogP contribution < -0.4 is 10.1 Å². The molecule has 1 saturated carbocycles. The van der Waals surface area contributed by atoms with E-state index in [0.717, 1.165) is 5.75 Å². The highest BCUT2D eigenvalue weighted by atomic mass is 16.5. The third-order valence-electron chi connectivity index (χ3n) is 5.13. The maximum atomic E-state index is 5.56. The number of methoxy groups -OCH3 is 1. The van der Waals surface area contributed by atoms with Crippen LogP contribution in [0.4, 0.5) is 0 Å². The number of ether oxygens (including phenoxy) is 1. The van der Waals surface area contributed by atoms with Gasteiger partial charge in [-0.1, -0.05) is 17.7 Å². The molecule has 1 fully saturated rings. The Balaban J connectivity index is 2.09. The normalized spacial score (nSPS) is 24.1. The first kappa shape index (κ1) is 16.3. The van der Waals surface area contributed by atoms with Gasteiger partial charge in [-0.05, 0) is 59.7 Å². The van der Waals surface area contributed by atoms with Gasteiger partial charge in [0.1, 0.15) is 5.75 Å². The number of nitrogens with one attached hydrogen (secondary N) is 1. The molecule has 0 saturated heterocycles. The van der Waals surface area contributed by atoms with Crippen molar-refractivity contribution in [1.29, 1.82) is 0 Å². The van der Waals surface area contributed by atoms with Gasteiger partial charge in [-0.3, -0.25) is 4.90 Å². The summed E-state index contributed by atoms with van der Waals surface area (Å²) in [7, 11) is 6.10. The molecule has 0 aromatic heterocycles. The minimum absolute atomic E-state index is 0.385. The van der Waals surface area contributed by atoms with E-state index in [4.69, 9.17) is 4.74 Å². The molecular formula is C18H30N2O. The van der Waals surface area contributed by atoms with Crippen molar-refractivity contribution in [1.82, 2.24) is 10.2 Å². The summed E-state index contributed by atoms with van der Waals surface area (Å²) in [5, 5.41) is 3.41. The van der Waals surface area contributed by atoms with E-state index in [1.54, 1.807) is 7.11 Å². The molecule has 0 aliphatic heterocycles. The van der Waals surface area contributed by atoms with Gasteiger partial charge >= 0.3 is 0 Å². The minimum Gasteiger partial charge on any atom is -0.496 e. The molecule has 3 nitrogen and oxygen atoms in total. The Morgan fingerprint density at radius 2 is 1.90 bits per heavy atom. The average Bonchev–Trinajstić information content (AvgIpc) is 2.53. The smallest absolute Gasteiger partial charge is 0.123 e. The molecule has 1 aliphatic rings. The summed E-state index contributed by atoms with van der Waals surface area (Å²) in [5.41, 5.74) is 2.60. The molecule has 0 bridgehead atoms. The van der Waals surface area contributed by atoms with Crippen molar-refractivity contribution in [2.45, 2.75) is 57.7 Å². The predicted molar refractivity (Wildman–Crippen MR) is 89.0 cm³/mol. The Kier molecular flexibility index (Phi) is 5.65. The van der Waals surface area contributed by atoms with Crippen LogP contribution in [0.2, 0.25) is 0 Å². The number of aryl methyl sites for hydroxylation is 1. The molecule has 1 atom stereocenters. The Bertz CT molecular complexity index is 453. The van der Waals surface area contributed by atoms with Crippen molar-refractivity contribution in [3.63, 3.8) is 0 Å². The largest absolute Gasteiger partial charge is 0.496 e. The van der Waals surface area contributed by atoms with Crippen molar-refractivity contribution < 1.29 is 4.74 Å². The van der Waals surface area contributed by atoms with Crippen LogP contribution in [0.15, 0.2) is 18.2 Å². The van der Waals surface area contributed by atoms with Crippen LogP contribution in [-0.4, -0.2) is 38.2 Å². The van der Waals surface area contributed by atoms with Gasteiger partial charge in [0.05, 0.1) is 7.11 Å². The third-order valence-corrected chi connectivity index (χ3v) is 5.13. The van der Waals surface area contributed by atoms with Gasteiger partial charge in [0.15, 0.2) is 0 Å². The molecule has 0 heterocycles. The van der Waals surface area contributed by atoms with Crippen molar-refractivity contribution in [3.05, 3.63) is 29.3 Å². The monoisotopic (exact) mass is 290 g/mol. The van der Waals surface area contributed by atoms with Gasteiger partial charge in [0.25, 0.3) is 0 Å². The average molecular weight is 290 g/mol. The van der Waals surface area contributed by atoms with Crippen LogP contribution in [0, 0.1) is 6.92 Å². The molecule has 0 radical (unpaired) electrons. The highest BCUT2D eigenvalue weighted by Crippen LogP contribution is 2.33. The zero-order chi connectivity index (χ0) is 15.4. The molecule has 1 unspecified atom stereocenters. The molecule has 0 amide bonds. The van der Waals surface area contributed by atoms with Gasteiger partial charge in [-0.2, -0.15) is 0 Å². The lowest BCUT2D eigenvalue weighted by Crippen LogP contribution is -2.40. The lowest BCUT2D eigenvalue weighted by Gasteiger charge is -2.38. The minimum atomic E-state index is 0.385. The van der Waals surface area contributed by atoms with Crippen LogP contribution >= 0.6 is 0 Å². The fourth-order valence-corrected chi connectivity index (χ4v) is 3.49. The molecule has 1 N–H and O–H groups in total. The van der Waals surface area contributed by atoms with Gasteiger partial charge < -0.3 is 10.1 Å². The van der Waals surface area contributed by atoms with Crippen LogP contribution in [0.25, 0.3) is 0 Å². The SMILES string of the molecule is CNC1CCC(N(C)C(C)c2cc(C)ccc2OC)CC1. The van der Waals surface area contributed by atoms with Crippen LogP contribution in [0.5, 0.6) is 5.75 Å². The van der Waals surface area contributed by atoms with E-state index < -0.39 is 0 Å². The van der Waals surface area contributed by atoms with Gasteiger partial charge in [0, 0.05) is 23.7 Å². The summed E-state index contributed by atoms with van der Waals surface area (Å²) in [6.45, 7) is 4.44. The fourth-order valence-electron chi connectivity index (χ4n) is 3.49. The van der Waals surface area contributed by atoms with Crippen molar-refractivity contribution in [2.24, 2.45) is 0 Å². The lowest BCUT2D eigenvalue weighted by molar-refractivity contribution is 0.134. The number of rotatable bonds is 5. The van der Waals surface area contributed by atoms with Crippen molar-refractivity contribution >= 4 is 0 Å². The summed E-state index contributed by atoms with van der Waals surface area (Å²) >= 11 is 0. The van der Waals surface area contributed by atoms with Crippen molar-refractivity contribution in [2.75, 3.05) is 21.2 Å². The van der Waals surface area contributed by atoms with Crippen LogP contribution in [0.3, 0.4) is 0 Å². The summed E-state index contributed by atoms with van der Waals surface area (Å²) in [5.74, 6) is 1.00. The maximum absolute atomic E-state index is 5.56. The van der Waals surface area contributed by atoms with Gasteiger partial charge in [0.2, 0.25) is 0 Å². The Hall–Kier alpha value is -1.06. The first-order valence-electron chi connectivity index (χ1n) is 8.10. The number of benzene rings is 1. The van der Waals surface area contributed by atoms with E-state index in [1.165, 1.54) is 36.8 Å². The lowest BCUT2D eigenvalue weighted by atomic mass is 9.89. The topological polar surface area (TPSA) is 24.5 Å². The van der Waals surface area contributed by atoms with E-state index in [2.05, 4.69) is 56.4 Å². The van der Waals surface area contributed by atoms with Crippen LogP contribution in [-0.2, 0) is 0 Å². The molecule has 2 rings (SSSR count). The molecule has 21 heavy (non-hydrogen) atoms. The molecule has 1 aromatic carbocycles. The predicted octanol–water partition coefficient (Wildman–Crippen LogP) is 3.53. The second-order valence-corrected chi connectivity index (χ2v) is 6.38. The number of nitrogens with zero attached hydrogens (tertiary/aromatic N) is 1. The third kappa shape index (κ3) is 3.78. The fraction of sp³-hybridized carbons (Fsp3) is 0.667. The van der Waals surface area contributed by atoms with E-state index in [1.807, 2.05) is 0 Å². The van der Waals surface area contributed by atoms with E-state index >= 15 is 0 Å². The zero-order valence-corrected chi connectivity index (χ0v) is 14.1. The molecular weight excluding hydrogens is 260 g/mol. The zero-order valence-electron chi connectivity index (χ0n) is 14.1. The summed E-state index contributed by atoms with van der Waals surface area (Å²) in [6, 6.07) is 8.24. The summed E-state index contributed by atoms with van der Waals surface area (Å²) in [6.07, 6.45) is 5.12. The standard InChI is InChI=1S/C18H30N2O/c1-13-6-11-18(21-5)17(12-13)14(2)20(4)16-9-7-15(19-3)8-10-16/h6,11-12,14-16,19H,7-10H2,1-5H3. The summed E-state index contributed by atoms with van der Waals surface area (Å²) in [4.78, 5) is 2.53. The molecule has 118 valence electrons. The Labute approximate surface area is 129 Å². The van der Waals surface area contributed by atoms with E-state index in [0.29, 0.717) is 18.1 Å². The maximum Gasteiger partial charge on any atom is 0.123 e. The first-order chi connectivity index (χ1) is 10.1. The highest BCUT2D eigenvalue weighted by molar-refractivity contribution is 5.39. The Morgan fingerprint density at radius 1 is 1.24 bits per heavy atom. The second-order valence-electron chi connectivity index (χ2n) is 6.38. The number of hydrogen-bond acceptors (Lipinski definition) is 3. The first-order valence-corrected chi connectivity index (χ1v) is 8.10. The van der Waals surface area contributed by atoms with Gasteiger partial charge in [-0.15, -0.1) is 0 Å². The Morgan fingerprint density at radius 3 is 2.48 bits per heavy atom. The highest BCUT2D eigenvalue weighted by Gasteiger charge is 2.27. The second kappa shape index (κ2) is 7.28. The van der Waals surface area contributed by atoms with E-state index in [9.17, 15) is 0 Å². The van der Waals surface area contributed by atoms with Gasteiger partial charge in [-0.25, -0.2) is 0 Å². The number of hydrogen-bond donors (Lipinski definition) is 1. The molecule has 3 heteroatoms. The molecule has 1 aliphatic carbocycles. The van der Waals surface area contributed by atoms with Crippen LogP contribution in [0.1, 0.15) is 49.8 Å². The summed E-state index contributed by atoms with van der Waals surface area (Å²) < 4.78 is 5.56. The molecule has 0 spiro atoms.